The number of hydrogen-bond donors (Lipinski definition) is 1. The van der Waals surface area contributed by atoms with Crippen molar-refractivity contribution in [1.29, 1.82) is 0 Å². The Morgan fingerprint density at radius 1 is 1.43 bits per heavy atom. The van der Waals surface area contributed by atoms with E-state index in [2.05, 4.69) is 17.2 Å². The Morgan fingerprint density at radius 2 is 2.33 bits per heavy atom. The summed E-state index contributed by atoms with van der Waals surface area (Å²) >= 11 is 7.86. The van der Waals surface area contributed by atoms with Crippen molar-refractivity contribution in [2.45, 2.75) is 20.1 Å². The number of hydrogen-bond acceptors (Lipinski definition) is 4. The average Bonchev–Trinajstić information content (AvgIpc) is 3.05. The Kier molecular flexibility index (Phi) is 4.43. The molecule has 0 fully saturated rings. The minimum Gasteiger partial charge on any atom is -0.486 e. The molecule has 0 unspecified atom stereocenters. The Morgan fingerprint density at radius 3 is 3.10 bits per heavy atom. The zero-order valence-corrected chi connectivity index (χ0v) is 13.2. The molecule has 110 valence electrons. The van der Waals surface area contributed by atoms with Gasteiger partial charge in [0.05, 0.1) is 10.7 Å². The van der Waals surface area contributed by atoms with Gasteiger partial charge >= 0.3 is 0 Å². The quantitative estimate of drug-likeness (QED) is 0.751. The fourth-order valence-electron chi connectivity index (χ4n) is 2.04. The van der Waals surface area contributed by atoms with Crippen molar-refractivity contribution in [2.24, 2.45) is 0 Å². The summed E-state index contributed by atoms with van der Waals surface area (Å²) in [6.07, 6.45) is 3.96. The van der Waals surface area contributed by atoms with Crippen LogP contribution in [0.25, 0.3) is 4.96 Å². The van der Waals surface area contributed by atoms with Crippen LogP contribution in [0.2, 0.25) is 5.02 Å². The molecule has 3 rings (SSSR count). The molecule has 0 bridgehead atoms. The molecule has 0 aliphatic heterocycles. The van der Waals surface area contributed by atoms with Gasteiger partial charge in [-0.15, -0.1) is 11.3 Å². The van der Waals surface area contributed by atoms with E-state index in [-0.39, 0.29) is 0 Å². The molecule has 0 spiro atoms. The number of nitrogens with one attached hydrogen (secondary N) is 1. The summed E-state index contributed by atoms with van der Waals surface area (Å²) < 4.78 is 7.75. The van der Waals surface area contributed by atoms with E-state index in [0.29, 0.717) is 17.4 Å². The molecule has 4 nitrogen and oxygen atoms in total. The molecule has 0 saturated carbocycles. The van der Waals surface area contributed by atoms with Gasteiger partial charge in [0, 0.05) is 24.3 Å². The van der Waals surface area contributed by atoms with Crippen LogP contribution in [0.3, 0.4) is 0 Å². The number of imidazole rings is 1. The van der Waals surface area contributed by atoms with Crippen LogP contribution in [0.1, 0.15) is 18.2 Å². The molecule has 0 aliphatic carbocycles. The molecule has 21 heavy (non-hydrogen) atoms. The molecule has 2 aromatic heterocycles. The third-order valence-electron chi connectivity index (χ3n) is 3.09. The fraction of sp³-hybridized carbons (Fsp3) is 0.267. The first-order valence-corrected chi connectivity index (χ1v) is 8.05. The summed E-state index contributed by atoms with van der Waals surface area (Å²) in [5.74, 6) is 0.688. The molecule has 0 amide bonds. The average molecular weight is 322 g/mol. The number of rotatable bonds is 6. The lowest BCUT2D eigenvalue weighted by Crippen LogP contribution is -2.11. The van der Waals surface area contributed by atoms with Gasteiger partial charge in [-0.25, -0.2) is 4.98 Å². The van der Waals surface area contributed by atoms with Gasteiger partial charge in [-0.1, -0.05) is 24.6 Å². The molecule has 6 heteroatoms. The van der Waals surface area contributed by atoms with E-state index in [9.17, 15) is 0 Å². The number of fused-ring (bicyclic) bond motifs is 1. The first-order chi connectivity index (χ1) is 10.3. The Labute approximate surface area is 132 Å². The van der Waals surface area contributed by atoms with E-state index >= 15 is 0 Å². The summed E-state index contributed by atoms with van der Waals surface area (Å²) in [7, 11) is 0. The third kappa shape index (κ3) is 3.37. The van der Waals surface area contributed by atoms with Crippen LogP contribution in [-0.2, 0) is 13.2 Å². The molecule has 0 radical (unpaired) electrons. The maximum absolute atomic E-state index is 6.26. The number of aromatic nitrogens is 2. The monoisotopic (exact) mass is 321 g/mol. The van der Waals surface area contributed by atoms with Crippen molar-refractivity contribution >= 4 is 27.9 Å². The van der Waals surface area contributed by atoms with Gasteiger partial charge < -0.3 is 10.1 Å². The molecule has 2 heterocycles. The normalized spacial score (nSPS) is 11.1. The molecule has 0 atom stereocenters. The lowest BCUT2D eigenvalue weighted by atomic mass is 10.2. The summed E-state index contributed by atoms with van der Waals surface area (Å²) in [5.41, 5.74) is 2.05. The molecule has 1 N–H and O–H groups in total. The van der Waals surface area contributed by atoms with Gasteiger partial charge in [0.25, 0.3) is 0 Å². The van der Waals surface area contributed by atoms with Crippen molar-refractivity contribution in [2.75, 3.05) is 6.54 Å². The SMILES string of the molecule is CCNCc1ccc(OCc2cn3ccsc3n2)c(Cl)c1. The molecule has 1 aromatic carbocycles. The number of thiazole rings is 1. The summed E-state index contributed by atoms with van der Waals surface area (Å²) in [5, 5.41) is 5.91. The highest BCUT2D eigenvalue weighted by molar-refractivity contribution is 7.15. The molecule has 3 aromatic rings. The Bertz CT molecular complexity index is 709. The number of benzene rings is 1. The van der Waals surface area contributed by atoms with Crippen molar-refractivity contribution in [3.8, 4) is 5.75 Å². The van der Waals surface area contributed by atoms with Crippen LogP contribution in [-0.4, -0.2) is 15.9 Å². The predicted molar refractivity (Wildman–Crippen MR) is 86.2 cm³/mol. The van der Waals surface area contributed by atoms with E-state index in [1.165, 1.54) is 0 Å². The fourth-order valence-corrected chi connectivity index (χ4v) is 3.01. The third-order valence-corrected chi connectivity index (χ3v) is 4.16. The van der Waals surface area contributed by atoms with Gasteiger partial charge in [0.1, 0.15) is 12.4 Å². The van der Waals surface area contributed by atoms with E-state index in [4.69, 9.17) is 16.3 Å². The summed E-state index contributed by atoms with van der Waals surface area (Å²) in [6.45, 7) is 4.25. The van der Waals surface area contributed by atoms with Crippen molar-refractivity contribution in [3.63, 3.8) is 0 Å². The maximum Gasteiger partial charge on any atom is 0.193 e. The Balaban J connectivity index is 1.65. The molecular formula is C15H16ClN3OS. The van der Waals surface area contributed by atoms with Gasteiger partial charge in [-0.3, -0.25) is 4.40 Å². The maximum atomic E-state index is 6.26. The van der Waals surface area contributed by atoms with Crippen LogP contribution in [0.4, 0.5) is 0 Å². The lowest BCUT2D eigenvalue weighted by Gasteiger charge is -2.08. The first-order valence-electron chi connectivity index (χ1n) is 6.79. The molecular weight excluding hydrogens is 306 g/mol. The second-order valence-electron chi connectivity index (χ2n) is 4.66. The second-order valence-corrected chi connectivity index (χ2v) is 5.94. The zero-order valence-electron chi connectivity index (χ0n) is 11.7. The van der Waals surface area contributed by atoms with Crippen LogP contribution < -0.4 is 10.1 Å². The number of ether oxygens (including phenoxy) is 1. The topological polar surface area (TPSA) is 38.6 Å². The molecule has 0 saturated heterocycles. The predicted octanol–water partition coefficient (Wildman–Crippen LogP) is 3.74. The van der Waals surface area contributed by atoms with Gasteiger partial charge in [0.15, 0.2) is 4.96 Å². The summed E-state index contributed by atoms with van der Waals surface area (Å²) in [4.78, 5) is 5.45. The first kappa shape index (κ1) is 14.4. The minimum atomic E-state index is 0.417. The Hall–Kier alpha value is -1.56. The highest BCUT2D eigenvalue weighted by Gasteiger charge is 2.06. The largest absolute Gasteiger partial charge is 0.486 e. The van der Waals surface area contributed by atoms with Gasteiger partial charge in [-0.2, -0.15) is 0 Å². The van der Waals surface area contributed by atoms with Crippen LogP contribution in [0.15, 0.2) is 36.0 Å². The second kappa shape index (κ2) is 6.47. The van der Waals surface area contributed by atoms with Crippen LogP contribution >= 0.6 is 22.9 Å². The molecule has 0 aliphatic rings. The number of halogens is 1. The summed E-state index contributed by atoms with van der Waals surface area (Å²) in [6, 6.07) is 5.87. The highest BCUT2D eigenvalue weighted by Crippen LogP contribution is 2.26. The minimum absolute atomic E-state index is 0.417. The van der Waals surface area contributed by atoms with E-state index in [1.807, 2.05) is 40.4 Å². The highest BCUT2D eigenvalue weighted by atomic mass is 35.5. The smallest absolute Gasteiger partial charge is 0.193 e. The van der Waals surface area contributed by atoms with E-state index in [0.717, 1.165) is 29.3 Å². The standard InChI is InChI=1S/C15H16ClN3OS/c1-2-17-8-11-3-4-14(13(16)7-11)20-10-12-9-19-5-6-21-15(19)18-12/h3-7,9,17H,2,8,10H2,1H3. The lowest BCUT2D eigenvalue weighted by molar-refractivity contribution is 0.302. The van der Waals surface area contributed by atoms with Crippen LogP contribution in [0, 0.1) is 0 Å². The van der Waals surface area contributed by atoms with Gasteiger partial charge in [-0.05, 0) is 24.2 Å². The zero-order chi connectivity index (χ0) is 14.7. The van der Waals surface area contributed by atoms with Crippen LogP contribution in [0.5, 0.6) is 5.75 Å². The van der Waals surface area contributed by atoms with Crippen molar-refractivity contribution < 1.29 is 4.74 Å². The van der Waals surface area contributed by atoms with E-state index in [1.54, 1.807) is 11.3 Å². The van der Waals surface area contributed by atoms with Gasteiger partial charge in [0.2, 0.25) is 0 Å². The van der Waals surface area contributed by atoms with Crippen molar-refractivity contribution in [1.82, 2.24) is 14.7 Å². The number of nitrogens with zero attached hydrogens (tertiary/aromatic N) is 2. The van der Waals surface area contributed by atoms with E-state index < -0.39 is 0 Å². The van der Waals surface area contributed by atoms with Crippen molar-refractivity contribution in [3.05, 3.63) is 52.3 Å².